The zero-order chi connectivity index (χ0) is 17.0. The van der Waals surface area contributed by atoms with E-state index in [1.54, 1.807) is 12.3 Å². The molecule has 0 saturated heterocycles. The molecule has 0 aliphatic carbocycles. The van der Waals surface area contributed by atoms with Gasteiger partial charge in [-0.1, -0.05) is 0 Å². The molecule has 118 valence electrons. The molecule has 0 atom stereocenters. The summed E-state index contributed by atoms with van der Waals surface area (Å²) in [6.45, 7) is -1.34. The molecular formula is C14H9F2N3O3S. The fourth-order valence-electron chi connectivity index (χ4n) is 1.74. The number of hydrogen-bond acceptors (Lipinski definition) is 6. The quantitative estimate of drug-likeness (QED) is 0.467. The molecule has 2 rings (SSSR count). The molecule has 0 spiro atoms. The third-order valence-electron chi connectivity index (χ3n) is 2.69. The third kappa shape index (κ3) is 4.08. The highest BCUT2D eigenvalue weighted by atomic mass is 32.1. The van der Waals surface area contributed by atoms with Gasteiger partial charge in [-0.05, 0) is 19.1 Å². The van der Waals surface area contributed by atoms with Gasteiger partial charge in [0.1, 0.15) is 16.8 Å². The van der Waals surface area contributed by atoms with Crippen molar-refractivity contribution in [1.29, 1.82) is 5.26 Å². The minimum absolute atomic E-state index is 0.00361. The van der Waals surface area contributed by atoms with Gasteiger partial charge in [0, 0.05) is 28.8 Å². The summed E-state index contributed by atoms with van der Waals surface area (Å²) in [6, 6.07) is 5.09. The smallest absolute Gasteiger partial charge is 0.387 e. The van der Waals surface area contributed by atoms with E-state index in [9.17, 15) is 24.2 Å². The fraction of sp³-hybridized carbons (Fsp3) is 0.143. The summed E-state index contributed by atoms with van der Waals surface area (Å²) < 4.78 is 29.2. The number of benzene rings is 1. The molecule has 1 aromatic carbocycles. The molecule has 0 saturated carbocycles. The first-order valence-electron chi connectivity index (χ1n) is 6.18. The maximum Gasteiger partial charge on any atom is 0.387 e. The highest BCUT2D eigenvalue weighted by Gasteiger charge is 2.15. The number of allylic oxidation sites excluding steroid dienone is 1. The summed E-state index contributed by atoms with van der Waals surface area (Å²) in [5, 5.41) is 22.2. The second-order valence-corrected chi connectivity index (χ2v) is 5.18. The summed E-state index contributed by atoms with van der Waals surface area (Å²) in [4.78, 5) is 14.3. The molecule has 0 fully saturated rings. The zero-order valence-corrected chi connectivity index (χ0v) is 12.5. The van der Waals surface area contributed by atoms with Crippen molar-refractivity contribution in [3.05, 3.63) is 50.0 Å². The molecule has 1 heterocycles. The number of hydrogen-bond donors (Lipinski definition) is 0. The van der Waals surface area contributed by atoms with Gasteiger partial charge in [-0.2, -0.15) is 14.0 Å². The Morgan fingerprint density at radius 3 is 2.83 bits per heavy atom. The van der Waals surface area contributed by atoms with Crippen LogP contribution in [0.25, 0.3) is 11.6 Å². The van der Waals surface area contributed by atoms with Gasteiger partial charge in [0.25, 0.3) is 5.69 Å². The Morgan fingerprint density at radius 2 is 2.30 bits per heavy atom. The van der Waals surface area contributed by atoms with Crippen molar-refractivity contribution in [1.82, 2.24) is 4.98 Å². The first-order chi connectivity index (χ1) is 10.9. The monoisotopic (exact) mass is 337 g/mol. The molecule has 0 aliphatic rings. The molecule has 0 aliphatic heterocycles. The van der Waals surface area contributed by atoms with Crippen molar-refractivity contribution >= 4 is 28.7 Å². The van der Waals surface area contributed by atoms with Crippen molar-refractivity contribution in [3.8, 4) is 11.8 Å². The number of nitro groups is 1. The SMILES string of the molecule is Cc1csc(/C(C#N)=C/c2cc([N+](=O)[O-])ccc2OC(F)F)n1. The Morgan fingerprint density at radius 1 is 1.57 bits per heavy atom. The molecule has 0 N–H and O–H groups in total. The predicted octanol–water partition coefficient (Wildman–Crippen LogP) is 4.03. The summed E-state index contributed by atoms with van der Waals surface area (Å²) in [5.74, 6) is -0.258. The van der Waals surface area contributed by atoms with E-state index in [0.717, 1.165) is 18.2 Å². The Kier molecular flexibility index (Phi) is 4.98. The number of non-ortho nitro benzene ring substituents is 1. The van der Waals surface area contributed by atoms with Crippen molar-refractivity contribution in [3.63, 3.8) is 0 Å². The Balaban J connectivity index is 2.54. The largest absolute Gasteiger partial charge is 0.434 e. The highest BCUT2D eigenvalue weighted by Crippen LogP contribution is 2.30. The number of aryl methyl sites for hydroxylation is 1. The van der Waals surface area contributed by atoms with E-state index < -0.39 is 11.5 Å². The number of thiazole rings is 1. The molecule has 0 bridgehead atoms. The Hall–Kier alpha value is -2.86. The van der Waals surface area contributed by atoms with E-state index in [4.69, 9.17) is 0 Å². The second-order valence-electron chi connectivity index (χ2n) is 4.32. The lowest BCUT2D eigenvalue weighted by molar-refractivity contribution is -0.384. The van der Waals surface area contributed by atoms with Crippen LogP contribution in [0.2, 0.25) is 0 Å². The maximum absolute atomic E-state index is 12.5. The van der Waals surface area contributed by atoms with E-state index in [0.29, 0.717) is 10.7 Å². The van der Waals surface area contributed by atoms with Crippen molar-refractivity contribution in [2.24, 2.45) is 0 Å². The van der Waals surface area contributed by atoms with Crippen LogP contribution >= 0.6 is 11.3 Å². The van der Waals surface area contributed by atoms with Crippen LogP contribution in [0.4, 0.5) is 14.5 Å². The van der Waals surface area contributed by atoms with E-state index in [2.05, 4.69) is 9.72 Å². The van der Waals surface area contributed by atoms with Crippen LogP contribution in [0.15, 0.2) is 23.6 Å². The van der Waals surface area contributed by atoms with Crippen LogP contribution in [0, 0.1) is 28.4 Å². The van der Waals surface area contributed by atoms with E-state index >= 15 is 0 Å². The fourth-order valence-corrected chi connectivity index (χ4v) is 2.50. The molecule has 2 aromatic rings. The zero-order valence-electron chi connectivity index (χ0n) is 11.7. The summed E-state index contributed by atoms with van der Waals surface area (Å²) in [6.07, 6.45) is 1.24. The topological polar surface area (TPSA) is 89.0 Å². The molecule has 1 aromatic heterocycles. The first-order valence-corrected chi connectivity index (χ1v) is 7.06. The number of ether oxygens (including phenoxy) is 1. The number of nitrogens with zero attached hydrogens (tertiary/aromatic N) is 3. The lowest BCUT2D eigenvalue weighted by Crippen LogP contribution is -2.03. The number of rotatable bonds is 5. The van der Waals surface area contributed by atoms with Gasteiger partial charge in [0.05, 0.1) is 10.5 Å². The number of aromatic nitrogens is 1. The van der Waals surface area contributed by atoms with Crippen LogP contribution in [0.1, 0.15) is 16.3 Å². The van der Waals surface area contributed by atoms with Gasteiger partial charge in [-0.25, -0.2) is 4.98 Å². The summed E-state index contributed by atoms with van der Waals surface area (Å²) >= 11 is 1.21. The third-order valence-corrected chi connectivity index (χ3v) is 3.68. The van der Waals surface area contributed by atoms with Gasteiger partial charge >= 0.3 is 6.61 Å². The standard InChI is InChI=1S/C14H9F2N3O3S/c1-8-7-23-13(18-8)10(6-17)4-9-5-11(19(20)21)2-3-12(9)22-14(15)16/h2-5,7,14H,1H3/b10-4+. The lowest BCUT2D eigenvalue weighted by Gasteiger charge is -2.08. The normalized spacial score (nSPS) is 11.3. The molecule has 0 amide bonds. The van der Waals surface area contributed by atoms with Crippen molar-refractivity contribution in [2.75, 3.05) is 0 Å². The maximum atomic E-state index is 12.5. The summed E-state index contributed by atoms with van der Waals surface area (Å²) in [7, 11) is 0. The van der Waals surface area contributed by atoms with Gasteiger partial charge in [-0.3, -0.25) is 10.1 Å². The van der Waals surface area contributed by atoms with Gasteiger partial charge in [0.2, 0.25) is 0 Å². The van der Waals surface area contributed by atoms with Crippen LogP contribution in [0.5, 0.6) is 5.75 Å². The molecule has 9 heteroatoms. The molecule has 0 radical (unpaired) electrons. The molecular weight excluding hydrogens is 328 g/mol. The van der Waals surface area contributed by atoms with E-state index in [1.807, 2.05) is 6.07 Å². The minimum atomic E-state index is -3.09. The highest BCUT2D eigenvalue weighted by molar-refractivity contribution is 7.11. The minimum Gasteiger partial charge on any atom is -0.434 e. The number of nitro benzene ring substituents is 1. The number of nitriles is 1. The van der Waals surface area contributed by atoms with Crippen LogP contribution in [-0.2, 0) is 0 Å². The Labute approximate surface area is 133 Å². The molecule has 0 unspecified atom stereocenters. The average molecular weight is 337 g/mol. The molecule has 23 heavy (non-hydrogen) atoms. The van der Waals surface area contributed by atoms with E-state index in [1.165, 1.54) is 17.4 Å². The predicted molar refractivity (Wildman–Crippen MR) is 80.1 cm³/mol. The first kappa shape index (κ1) is 16.5. The van der Waals surface area contributed by atoms with Crippen LogP contribution in [-0.4, -0.2) is 16.5 Å². The lowest BCUT2D eigenvalue weighted by atomic mass is 10.1. The van der Waals surface area contributed by atoms with Gasteiger partial charge in [-0.15, -0.1) is 11.3 Å². The van der Waals surface area contributed by atoms with Gasteiger partial charge < -0.3 is 4.74 Å². The van der Waals surface area contributed by atoms with E-state index in [-0.39, 0.29) is 22.6 Å². The average Bonchev–Trinajstić information content (AvgIpc) is 2.91. The number of halogens is 2. The Bertz CT molecular complexity index is 812. The van der Waals surface area contributed by atoms with Gasteiger partial charge in [0.15, 0.2) is 0 Å². The molecule has 6 nitrogen and oxygen atoms in total. The summed E-state index contributed by atoms with van der Waals surface area (Å²) in [5.41, 5.74) is 0.506. The van der Waals surface area contributed by atoms with Crippen LogP contribution in [0.3, 0.4) is 0 Å². The second kappa shape index (κ2) is 6.93. The van der Waals surface area contributed by atoms with Crippen molar-refractivity contribution in [2.45, 2.75) is 13.5 Å². The number of alkyl halides is 2. The van der Waals surface area contributed by atoms with Crippen LogP contribution < -0.4 is 4.74 Å². The van der Waals surface area contributed by atoms with Crippen molar-refractivity contribution < 1.29 is 18.4 Å².